The summed E-state index contributed by atoms with van der Waals surface area (Å²) in [6, 6.07) is 0. The topological polar surface area (TPSA) is 58.3 Å². The van der Waals surface area contributed by atoms with Crippen molar-refractivity contribution in [3.05, 3.63) is 18.7 Å². The molecule has 1 aromatic heterocycles. The Balaban J connectivity index is 2.65. The monoisotopic (exact) mass is 128 g/mol. The first-order valence-corrected chi connectivity index (χ1v) is 2.61. The first-order chi connectivity index (χ1) is 4.34. The molecule has 1 unspecified atom stereocenters. The minimum Gasteiger partial charge on any atom is -0.392 e. The van der Waals surface area contributed by atoms with Crippen LogP contribution in [-0.2, 0) is 0 Å². The molecule has 0 aromatic carbocycles. The van der Waals surface area contributed by atoms with E-state index in [-0.39, 0.29) is 6.61 Å². The average Bonchev–Trinajstić information content (AvgIpc) is 2.37. The third-order valence-electron chi connectivity index (χ3n) is 1.03. The summed E-state index contributed by atoms with van der Waals surface area (Å²) in [5.41, 5.74) is 0. The maximum atomic E-state index is 8.89. The molecule has 1 rings (SSSR count). The molecular formula is C5H8N2O2. The summed E-state index contributed by atoms with van der Waals surface area (Å²) in [5.74, 6) is 0. The van der Waals surface area contributed by atoms with Crippen LogP contribution in [0.4, 0.5) is 0 Å². The van der Waals surface area contributed by atoms with Crippen molar-refractivity contribution in [2.75, 3.05) is 6.61 Å². The quantitative estimate of drug-likeness (QED) is 0.557. The van der Waals surface area contributed by atoms with E-state index in [0.717, 1.165) is 0 Å². The van der Waals surface area contributed by atoms with Crippen LogP contribution in [0.2, 0.25) is 0 Å². The Labute approximate surface area is 52.4 Å². The van der Waals surface area contributed by atoms with E-state index in [4.69, 9.17) is 10.2 Å². The Kier molecular flexibility index (Phi) is 1.81. The molecule has 0 saturated carbocycles. The maximum absolute atomic E-state index is 8.89. The Morgan fingerprint density at radius 2 is 2.44 bits per heavy atom. The SMILES string of the molecule is OCC(O)n1ccnc1. The van der Waals surface area contributed by atoms with E-state index in [1.807, 2.05) is 0 Å². The van der Waals surface area contributed by atoms with Crippen molar-refractivity contribution in [3.63, 3.8) is 0 Å². The lowest BCUT2D eigenvalue weighted by Crippen LogP contribution is -2.09. The number of aromatic nitrogens is 2. The number of aliphatic hydroxyl groups excluding tert-OH is 2. The standard InChI is InChI=1S/C5H8N2O2/c8-3-5(9)7-2-1-6-4-7/h1-2,4-5,8-9H,3H2. The normalized spacial score (nSPS) is 13.6. The van der Waals surface area contributed by atoms with Crippen LogP contribution in [0, 0.1) is 0 Å². The van der Waals surface area contributed by atoms with E-state index >= 15 is 0 Å². The fraction of sp³-hybridized carbons (Fsp3) is 0.400. The molecule has 0 bridgehead atoms. The number of nitrogens with zero attached hydrogens (tertiary/aromatic N) is 2. The Morgan fingerprint density at radius 1 is 1.67 bits per heavy atom. The van der Waals surface area contributed by atoms with Gasteiger partial charge < -0.3 is 14.8 Å². The van der Waals surface area contributed by atoms with Crippen LogP contribution in [-0.4, -0.2) is 26.4 Å². The van der Waals surface area contributed by atoms with Crippen molar-refractivity contribution in [3.8, 4) is 0 Å². The molecule has 0 aliphatic heterocycles. The van der Waals surface area contributed by atoms with E-state index in [9.17, 15) is 0 Å². The lowest BCUT2D eigenvalue weighted by atomic mass is 10.6. The van der Waals surface area contributed by atoms with E-state index in [0.29, 0.717) is 0 Å². The largest absolute Gasteiger partial charge is 0.392 e. The lowest BCUT2D eigenvalue weighted by molar-refractivity contribution is 0.0391. The first-order valence-electron chi connectivity index (χ1n) is 2.61. The van der Waals surface area contributed by atoms with Crippen LogP contribution in [0.15, 0.2) is 18.7 Å². The van der Waals surface area contributed by atoms with Crippen LogP contribution < -0.4 is 0 Å². The van der Waals surface area contributed by atoms with Gasteiger partial charge in [0.25, 0.3) is 0 Å². The molecule has 1 atom stereocenters. The number of rotatable bonds is 2. The summed E-state index contributed by atoms with van der Waals surface area (Å²) in [5, 5.41) is 17.3. The second kappa shape index (κ2) is 2.61. The highest BCUT2D eigenvalue weighted by molar-refractivity contribution is 4.75. The summed E-state index contributed by atoms with van der Waals surface area (Å²) in [6.45, 7) is -0.281. The third-order valence-corrected chi connectivity index (χ3v) is 1.03. The fourth-order valence-corrected chi connectivity index (χ4v) is 0.540. The summed E-state index contributed by atoms with van der Waals surface area (Å²) < 4.78 is 1.42. The molecule has 4 nitrogen and oxygen atoms in total. The van der Waals surface area contributed by atoms with Crippen LogP contribution >= 0.6 is 0 Å². The van der Waals surface area contributed by atoms with Gasteiger partial charge in [0.1, 0.15) is 0 Å². The summed E-state index contributed by atoms with van der Waals surface area (Å²) in [4.78, 5) is 3.68. The van der Waals surface area contributed by atoms with Gasteiger partial charge in [-0.1, -0.05) is 0 Å². The summed E-state index contributed by atoms with van der Waals surface area (Å²) in [6.07, 6.45) is 3.72. The lowest BCUT2D eigenvalue weighted by Gasteiger charge is -2.05. The summed E-state index contributed by atoms with van der Waals surface area (Å²) >= 11 is 0. The summed E-state index contributed by atoms with van der Waals surface area (Å²) in [7, 11) is 0. The van der Waals surface area contributed by atoms with Crippen LogP contribution in [0.25, 0.3) is 0 Å². The number of aliphatic hydroxyl groups is 2. The minimum atomic E-state index is -0.854. The van der Waals surface area contributed by atoms with Gasteiger partial charge in [-0.25, -0.2) is 4.98 Å². The molecule has 0 radical (unpaired) electrons. The van der Waals surface area contributed by atoms with Crippen molar-refractivity contribution >= 4 is 0 Å². The van der Waals surface area contributed by atoms with Gasteiger partial charge in [0, 0.05) is 12.4 Å². The number of hydrogen-bond donors (Lipinski definition) is 2. The zero-order valence-electron chi connectivity index (χ0n) is 4.81. The Morgan fingerprint density at radius 3 is 2.89 bits per heavy atom. The van der Waals surface area contributed by atoms with Crippen molar-refractivity contribution in [2.45, 2.75) is 6.23 Å². The molecule has 0 amide bonds. The van der Waals surface area contributed by atoms with E-state index in [1.165, 1.54) is 10.9 Å². The molecule has 2 N–H and O–H groups in total. The number of hydrogen-bond acceptors (Lipinski definition) is 3. The van der Waals surface area contributed by atoms with E-state index < -0.39 is 6.23 Å². The predicted octanol–water partition coefficient (Wildman–Crippen LogP) is -0.634. The molecular weight excluding hydrogens is 120 g/mol. The molecule has 9 heavy (non-hydrogen) atoms. The zero-order chi connectivity index (χ0) is 6.69. The second-order valence-electron chi connectivity index (χ2n) is 1.67. The highest BCUT2D eigenvalue weighted by Gasteiger charge is 2.00. The van der Waals surface area contributed by atoms with E-state index in [1.54, 1.807) is 12.4 Å². The Bertz CT molecular complexity index is 161. The highest BCUT2D eigenvalue weighted by atomic mass is 16.3. The van der Waals surface area contributed by atoms with Gasteiger partial charge in [0.15, 0.2) is 6.23 Å². The first kappa shape index (κ1) is 6.25. The van der Waals surface area contributed by atoms with Crippen LogP contribution in [0.3, 0.4) is 0 Å². The molecule has 4 heteroatoms. The molecule has 0 fully saturated rings. The molecule has 0 aliphatic rings. The molecule has 0 spiro atoms. The molecule has 0 aliphatic carbocycles. The average molecular weight is 128 g/mol. The third kappa shape index (κ3) is 1.28. The Hall–Kier alpha value is -0.870. The van der Waals surface area contributed by atoms with E-state index in [2.05, 4.69) is 4.98 Å². The van der Waals surface area contributed by atoms with Crippen LogP contribution in [0.1, 0.15) is 6.23 Å². The van der Waals surface area contributed by atoms with Crippen LogP contribution in [0.5, 0.6) is 0 Å². The maximum Gasteiger partial charge on any atom is 0.154 e. The van der Waals surface area contributed by atoms with Gasteiger partial charge in [0.05, 0.1) is 12.9 Å². The zero-order valence-corrected chi connectivity index (χ0v) is 4.81. The van der Waals surface area contributed by atoms with Gasteiger partial charge in [-0.05, 0) is 0 Å². The van der Waals surface area contributed by atoms with Crippen molar-refractivity contribution < 1.29 is 10.2 Å². The van der Waals surface area contributed by atoms with Gasteiger partial charge in [-0.3, -0.25) is 0 Å². The fourth-order valence-electron chi connectivity index (χ4n) is 0.540. The van der Waals surface area contributed by atoms with Gasteiger partial charge in [0.2, 0.25) is 0 Å². The smallest absolute Gasteiger partial charge is 0.154 e. The predicted molar refractivity (Wildman–Crippen MR) is 30.6 cm³/mol. The van der Waals surface area contributed by atoms with Crippen molar-refractivity contribution in [1.82, 2.24) is 9.55 Å². The molecule has 1 heterocycles. The van der Waals surface area contributed by atoms with Crippen molar-refractivity contribution in [2.24, 2.45) is 0 Å². The second-order valence-corrected chi connectivity index (χ2v) is 1.67. The number of imidazole rings is 1. The molecule has 0 saturated heterocycles. The van der Waals surface area contributed by atoms with Crippen molar-refractivity contribution in [1.29, 1.82) is 0 Å². The molecule has 50 valence electrons. The van der Waals surface area contributed by atoms with Gasteiger partial charge >= 0.3 is 0 Å². The highest BCUT2D eigenvalue weighted by Crippen LogP contribution is 1.97. The van der Waals surface area contributed by atoms with Gasteiger partial charge in [-0.15, -0.1) is 0 Å². The molecule has 1 aromatic rings. The van der Waals surface area contributed by atoms with Gasteiger partial charge in [-0.2, -0.15) is 0 Å². The minimum absolute atomic E-state index is 0.281.